The van der Waals surface area contributed by atoms with Crippen molar-refractivity contribution in [3.63, 3.8) is 0 Å². The van der Waals surface area contributed by atoms with E-state index >= 15 is 0 Å². The van der Waals surface area contributed by atoms with Crippen molar-refractivity contribution in [2.45, 2.75) is 26.7 Å². The van der Waals surface area contributed by atoms with E-state index in [2.05, 4.69) is 11.1 Å². The summed E-state index contributed by atoms with van der Waals surface area (Å²) in [4.78, 5) is 15.0. The van der Waals surface area contributed by atoms with Crippen molar-refractivity contribution in [2.75, 3.05) is 0 Å². The number of para-hydroxylation sites is 1. The van der Waals surface area contributed by atoms with Crippen molar-refractivity contribution in [1.29, 1.82) is 0 Å². The molecule has 1 heterocycles. The minimum absolute atomic E-state index is 0.260. The maximum Gasteiger partial charge on any atom is 0.141 e. The molecule has 0 atom stereocenters. The van der Waals surface area contributed by atoms with Crippen LogP contribution in [0.1, 0.15) is 25.8 Å². The highest BCUT2D eigenvalue weighted by atomic mass is 16.1. The number of fused-ring (bicyclic) bond motifs is 1. The molecule has 2 nitrogen and oxygen atoms in total. The van der Waals surface area contributed by atoms with E-state index in [1.54, 1.807) is 0 Å². The maximum absolute atomic E-state index is 11.8. The Balaban J connectivity index is 2.13. The van der Waals surface area contributed by atoms with E-state index in [0.717, 1.165) is 16.5 Å². The van der Waals surface area contributed by atoms with Crippen LogP contribution in [0.3, 0.4) is 0 Å². The fraction of sp³-hybridized carbons (Fsp3) is 0.267. The van der Waals surface area contributed by atoms with E-state index < -0.39 is 0 Å². The Labute approximate surface area is 101 Å². The van der Waals surface area contributed by atoms with Crippen LogP contribution in [0.5, 0.6) is 0 Å². The third kappa shape index (κ3) is 2.84. The van der Waals surface area contributed by atoms with Crippen molar-refractivity contribution in [3.05, 3.63) is 47.7 Å². The van der Waals surface area contributed by atoms with Gasteiger partial charge in [-0.1, -0.05) is 29.8 Å². The maximum atomic E-state index is 11.8. The van der Waals surface area contributed by atoms with Gasteiger partial charge in [-0.05, 0) is 25.5 Å². The smallest absolute Gasteiger partial charge is 0.141 e. The Morgan fingerprint density at radius 3 is 2.82 bits per heavy atom. The van der Waals surface area contributed by atoms with Crippen LogP contribution in [0, 0.1) is 0 Å². The van der Waals surface area contributed by atoms with Gasteiger partial charge in [0.15, 0.2) is 0 Å². The van der Waals surface area contributed by atoms with Gasteiger partial charge >= 0.3 is 0 Å². The summed E-state index contributed by atoms with van der Waals surface area (Å²) in [7, 11) is 0. The third-order valence-corrected chi connectivity index (χ3v) is 2.80. The lowest BCUT2D eigenvalue weighted by Gasteiger charge is -1.97. The average Bonchev–Trinajstić information content (AvgIpc) is 2.70. The van der Waals surface area contributed by atoms with Crippen LogP contribution in [-0.4, -0.2) is 10.8 Å². The number of aromatic nitrogens is 1. The van der Waals surface area contributed by atoms with Crippen LogP contribution in [0.25, 0.3) is 10.9 Å². The van der Waals surface area contributed by atoms with Crippen molar-refractivity contribution < 1.29 is 4.79 Å². The lowest BCUT2D eigenvalue weighted by Crippen LogP contribution is -2.00. The lowest BCUT2D eigenvalue weighted by atomic mass is 10.1. The molecular formula is C15H17NO. The summed E-state index contributed by atoms with van der Waals surface area (Å²) >= 11 is 0. The summed E-state index contributed by atoms with van der Waals surface area (Å²) in [6.45, 7) is 4.03. The molecule has 2 heteroatoms. The summed E-state index contributed by atoms with van der Waals surface area (Å²) in [5, 5.41) is 1.15. The molecule has 17 heavy (non-hydrogen) atoms. The summed E-state index contributed by atoms with van der Waals surface area (Å²) in [5.41, 5.74) is 3.38. The number of Topliss-reactive ketones (excluding diaryl/α,β-unsaturated/α-hetero) is 1. The highest BCUT2D eigenvalue weighted by Crippen LogP contribution is 2.18. The molecule has 1 aromatic carbocycles. The molecule has 0 fully saturated rings. The van der Waals surface area contributed by atoms with Crippen molar-refractivity contribution >= 4 is 16.7 Å². The zero-order chi connectivity index (χ0) is 12.3. The number of rotatable bonds is 4. The molecule has 0 radical (unpaired) electrons. The average molecular weight is 227 g/mol. The number of allylic oxidation sites excluding steroid dienone is 2. The molecule has 0 amide bonds. The quantitative estimate of drug-likeness (QED) is 0.795. The summed E-state index contributed by atoms with van der Waals surface area (Å²) < 4.78 is 0. The molecule has 88 valence electrons. The van der Waals surface area contributed by atoms with E-state index in [4.69, 9.17) is 0 Å². The zero-order valence-corrected chi connectivity index (χ0v) is 10.3. The van der Waals surface area contributed by atoms with E-state index in [1.165, 1.54) is 5.57 Å². The number of carbonyl (C=O) groups excluding carboxylic acids is 1. The third-order valence-electron chi connectivity index (χ3n) is 2.80. The van der Waals surface area contributed by atoms with Gasteiger partial charge in [-0.25, -0.2) is 0 Å². The van der Waals surface area contributed by atoms with E-state index in [-0.39, 0.29) is 5.78 Å². The number of hydrogen-bond donors (Lipinski definition) is 1. The van der Waals surface area contributed by atoms with Gasteiger partial charge in [0.2, 0.25) is 0 Å². The first-order valence-electron chi connectivity index (χ1n) is 5.87. The Kier molecular flexibility index (Phi) is 3.43. The molecule has 0 aliphatic heterocycles. The largest absolute Gasteiger partial charge is 0.361 e. The second kappa shape index (κ2) is 5.00. The van der Waals surface area contributed by atoms with Gasteiger partial charge in [0.1, 0.15) is 5.78 Å². The van der Waals surface area contributed by atoms with Gasteiger partial charge in [0.05, 0.1) is 0 Å². The second-order valence-electron chi connectivity index (χ2n) is 4.56. The fourth-order valence-corrected chi connectivity index (χ4v) is 1.88. The number of ketones is 1. The molecule has 0 bridgehead atoms. The Morgan fingerprint density at radius 2 is 2.06 bits per heavy atom. The zero-order valence-electron chi connectivity index (χ0n) is 10.3. The highest BCUT2D eigenvalue weighted by Gasteiger charge is 2.07. The Morgan fingerprint density at radius 1 is 1.29 bits per heavy atom. The van der Waals surface area contributed by atoms with Gasteiger partial charge in [-0.2, -0.15) is 0 Å². The van der Waals surface area contributed by atoms with Gasteiger partial charge in [-0.3, -0.25) is 4.79 Å². The van der Waals surface area contributed by atoms with Crippen LogP contribution < -0.4 is 0 Å². The van der Waals surface area contributed by atoms with Crippen LogP contribution in [0.4, 0.5) is 0 Å². The first-order valence-corrected chi connectivity index (χ1v) is 5.87. The summed E-state index contributed by atoms with van der Waals surface area (Å²) in [5.74, 6) is 0.260. The number of aromatic amines is 1. The predicted molar refractivity (Wildman–Crippen MR) is 71.1 cm³/mol. The molecule has 2 rings (SSSR count). The topological polar surface area (TPSA) is 32.9 Å². The van der Waals surface area contributed by atoms with Crippen LogP contribution >= 0.6 is 0 Å². The van der Waals surface area contributed by atoms with Gasteiger partial charge in [0, 0.05) is 29.9 Å². The number of carbonyl (C=O) groups is 1. The van der Waals surface area contributed by atoms with Crippen molar-refractivity contribution in [1.82, 2.24) is 4.98 Å². The minimum Gasteiger partial charge on any atom is -0.361 e. The first kappa shape index (κ1) is 11.6. The van der Waals surface area contributed by atoms with Crippen LogP contribution in [-0.2, 0) is 11.2 Å². The molecule has 0 spiro atoms. The number of benzene rings is 1. The number of hydrogen-bond acceptors (Lipinski definition) is 1. The molecule has 0 aliphatic rings. The molecular weight excluding hydrogens is 210 g/mol. The molecule has 1 aromatic heterocycles. The lowest BCUT2D eigenvalue weighted by molar-refractivity contribution is -0.117. The fourth-order valence-electron chi connectivity index (χ4n) is 1.88. The molecule has 0 saturated heterocycles. The monoisotopic (exact) mass is 227 g/mol. The Bertz CT molecular complexity index is 559. The molecule has 2 aromatic rings. The van der Waals surface area contributed by atoms with E-state index in [0.29, 0.717) is 12.8 Å². The minimum atomic E-state index is 0.260. The SMILES string of the molecule is CC(C)=CCC(=O)Cc1c[nH]c2ccccc12. The van der Waals surface area contributed by atoms with Gasteiger partial charge in [-0.15, -0.1) is 0 Å². The van der Waals surface area contributed by atoms with Gasteiger partial charge in [0.25, 0.3) is 0 Å². The van der Waals surface area contributed by atoms with E-state index in [9.17, 15) is 4.79 Å². The number of nitrogens with one attached hydrogen (secondary N) is 1. The molecule has 0 saturated carbocycles. The standard InChI is InChI=1S/C15H17NO/c1-11(2)7-8-13(17)9-12-10-16-15-6-4-3-5-14(12)15/h3-7,10,16H,8-9H2,1-2H3. The van der Waals surface area contributed by atoms with Crippen molar-refractivity contribution in [2.24, 2.45) is 0 Å². The van der Waals surface area contributed by atoms with E-state index in [1.807, 2.05) is 44.3 Å². The van der Waals surface area contributed by atoms with Crippen LogP contribution in [0.2, 0.25) is 0 Å². The predicted octanol–water partition coefficient (Wildman–Crippen LogP) is 3.64. The Hall–Kier alpha value is -1.83. The molecule has 0 aliphatic carbocycles. The normalized spacial score (nSPS) is 10.5. The summed E-state index contributed by atoms with van der Waals surface area (Å²) in [6.07, 6.45) is 4.96. The summed E-state index contributed by atoms with van der Waals surface area (Å²) in [6, 6.07) is 8.07. The second-order valence-corrected chi connectivity index (χ2v) is 4.56. The molecule has 0 unspecified atom stereocenters. The van der Waals surface area contributed by atoms with Crippen molar-refractivity contribution in [3.8, 4) is 0 Å². The molecule has 1 N–H and O–H groups in total. The first-order chi connectivity index (χ1) is 8.16. The highest BCUT2D eigenvalue weighted by molar-refractivity contribution is 5.90. The van der Waals surface area contributed by atoms with Crippen LogP contribution in [0.15, 0.2) is 42.1 Å². The number of H-pyrrole nitrogens is 1. The van der Waals surface area contributed by atoms with Gasteiger partial charge < -0.3 is 4.98 Å².